The summed E-state index contributed by atoms with van der Waals surface area (Å²) in [5.41, 5.74) is 0. The molecule has 3 heteroatoms. The highest BCUT2D eigenvalue weighted by molar-refractivity contribution is 6.64. The first-order valence-electron chi connectivity index (χ1n) is 9.94. The minimum Gasteiger partial charge on any atom is -0.366 e. The van der Waals surface area contributed by atoms with Crippen molar-refractivity contribution in [3.63, 3.8) is 0 Å². The summed E-state index contributed by atoms with van der Waals surface area (Å²) in [5.74, 6) is 0.837. The maximum atomic E-state index is 11.6. The molecule has 1 aliphatic carbocycles. The number of hydrogen-bond acceptors (Lipinski definition) is 2. The van der Waals surface area contributed by atoms with Crippen LogP contribution in [0.25, 0.3) is 0 Å². The maximum absolute atomic E-state index is 11.6. The summed E-state index contributed by atoms with van der Waals surface area (Å²) in [5, 5.41) is -0.302. The van der Waals surface area contributed by atoms with E-state index in [0.717, 1.165) is 31.6 Å². The minimum atomic E-state index is -0.370. The second kappa shape index (κ2) is 13.2. The number of hydrogen-bond donors (Lipinski definition) is 0. The Labute approximate surface area is 148 Å². The summed E-state index contributed by atoms with van der Waals surface area (Å²) in [6.07, 6.45) is 16.9. The van der Waals surface area contributed by atoms with Crippen LogP contribution in [0.5, 0.6) is 0 Å². The summed E-state index contributed by atoms with van der Waals surface area (Å²) >= 11 is 5.72. The Morgan fingerprint density at radius 3 is 1.96 bits per heavy atom. The van der Waals surface area contributed by atoms with Gasteiger partial charge in [-0.1, -0.05) is 84.5 Å². The van der Waals surface area contributed by atoms with Crippen molar-refractivity contribution in [2.45, 2.75) is 116 Å². The van der Waals surface area contributed by atoms with Gasteiger partial charge < -0.3 is 4.74 Å². The molecule has 1 rings (SSSR count). The first-order chi connectivity index (χ1) is 11.1. The first-order valence-corrected chi connectivity index (χ1v) is 10.3. The summed E-state index contributed by atoms with van der Waals surface area (Å²) in [6, 6.07) is 0. The van der Waals surface area contributed by atoms with Gasteiger partial charge in [0.2, 0.25) is 0 Å². The van der Waals surface area contributed by atoms with Crippen LogP contribution < -0.4 is 0 Å². The van der Waals surface area contributed by atoms with E-state index in [1.54, 1.807) is 0 Å². The Morgan fingerprint density at radius 2 is 1.43 bits per heavy atom. The average molecular weight is 345 g/mol. The molecule has 136 valence electrons. The van der Waals surface area contributed by atoms with Gasteiger partial charge in [0.1, 0.15) is 6.10 Å². The zero-order valence-corrected chi connectivity index (χ0v) is 16.1. The monoisotopic (exact) mass is 344 g/mol. The fourth-order valence-corrected chi connectivity index (χ4v) is 3.60. The standard InChI is InChI=1S/C20H37ClO2/c1-17(2)13-9-6-4-3-5-7-12-16-19(20(21)22)23-18-14-10-8-11-15-18/h17-19H,3-16H2,1-2H3. The zero-order chi connectivity index (χ0) is 16.9. The highest BCUT2D eigenvalue weighted by Crippen LogP contribution is 2.24. The largest absolute Gasteiger partial charge is 0.366 e. The third kappa shape index (κ3) is 11.2. The molecular weight excluding hydrogens is 308 g/mol. The highest BCUT2D eigenvalue weighted by Gasteiger charge is 2.23. The van der Waals surface area contributed by atoms with Gasteiger partial charge in [0.05, 0.1) is 6.10 Å². The lowest BCUT2D eigenvalue weighted by molar-refractivity contribution is -0.128. The predicted octanol–water partition coefficient (Wildman–Crippen LogP) is 6.64. The topological polar surface area (TPSA) is 26.3 Å². The number of unbranched alkanes of at least 4 members (excludes halogenated alkanes) is 6. The molecule has 0 spiro atoms. The third-order valence-corrected chi connectivity index (χ3v) is 5.15. The van der Waals surface area contributed by atoms with Gasteiger partial charge in [0.25, 0.3) is 5.24 Å². The molecule has 1 saturated carbocycles. The van der Waals surface area contributed by atoms with Crippen molar-refractivity contribution >= 4 is 16.8 Å². The second-order valence-corrected chi connectivity index (χ2v) is 8.01. The summed E-state index contributed by atoms with van der Waals surface area (Å²) in [7, 11) is 0. The quantitative estimate of drug-likeness (QED) is 0.276. The van der Waals surface area contributed by atoms with Crippen LogP contribution in [0.4, 0.5) is 0 Å². The normalized spacial score (nSPS) is 17.6. The van der Waals surface area contributed by atoms with Crippen molar-refractivity contribution < 1.29 is 9.53 Å². The van der Waals surface area contributed by atoms with Crippen molar-refractivity contribution in [3.05, 3.63) is 0 Å². The smallest absolute Gasteiger partial charge is 0.250 e. The van der Waals surface area contributed by atoms with Gasteiger partial charge in [-0.15, -0.1) is 0 Å². The van der Waals surface area contributed by atoms with Gasteiger partial charge >= 0.3 is 0 Å². The van der Waals surface area contributed by atoms with E-state index in [4.69, 9.17) is 16.3 Å². The molecule has 0 aromatic heterocycles. The molecular formula is C20H37ClO2. The molecule has 0 radical (unpaired) electrons. The van der Waals surface area contributed by atoms with Crippen LogP contribution in [0.1, 0.15) is 104 Å². The molecule has 0 amide bonds. The summed E-state index contributed by atoms with van der Waals surface area (Å²) in [6.45, 7) is 4.59. The Morgan fingerprint density at radius 1 is 0.913 bits per heavy atom. The number of rotatable bonds is 13. The Bertz CT molecular complexity index is 298. The van der Waals surface area contributed by atoms with Crippen molar-refractivity contribution in [1.29, 1.82) is 0 Å². The molecule has 0 aliphatic heterocycles. The van der Waals surface area contributed by atoms with Gasteiger partial charge in [-0.2, -0.15) is 0 Å². The van der Waals surface area contributed by atoms with Crippen LogP contribution in [0.15, 0.2) is 0 Å². The molecule has 1 atom stereocenters. The van der Waals surface area contributed by atoms with E-state index in [0.29, 0.717) is 0 Å². The second-order valence-electron chi connectivity index (χ2n) is 7.63. The van der Waals surface area contributed by atoms with E-state index in [1.165, 1.54) is 64.2 Å². The lowest BCUT2D eigenvalue weighted by Crippen LogP contribution is -2.28. The molecule has 1 fully saturated rings. The van der Waals surface area contributed by atoms with Gasteiger partial charge in [-0.3, -0.25) is 4.79 Å². The van der Waals surface area contributed by atoms with Gasteiger partial charge in [-0.25, -0.2) is 0 Å². The molecule has 1 unspecified atom stereocenters. The van der Waals surface area contributed by atoms with Crippen LogP contribution in [-0.4, -0.2) is 17.5 Å². The average Bonchev–Trinajstić information content (AvgIpc) is 2.52. The molecule has 2 nitrogen and oxygen atoms in total. The Balaban J connectivity index is 2.01. The molecule has 0 aromatic carbocycles. The molecule has 1 aliphatic rings. The molecule has 0 heterocycles. The fraction of sp³-hybridized carbons (Fsp3) is 0.950. The molecule has 0 N–H and O–H groups in total. The van der Waals surface area contributed by atoms with Gasteiger partial charge in [0, 0.05) is 0 Å². The van der Waals surface area contributed by atoms with Crippen LogP contribution in [0.3, 0.4) is 0 Å². The van der Waals surface area contributed by atoms with Crippen LogP contribution in [0.2, 0.25) is 0 Å². The molecule has 23 heavy (non-hydrogen) atoms. The lowest BCUT2D eigenvalue weighted by atomic mass is 9.97. The predicted molar refractivity (Wildman–Crippen MR) is 99.0 cm³/mol. The van der Waals surface area contributed by atoms with E-state index in [1.807, 2.05) is 0 Å². The molecule has 0 saturated heterocycles. The SMILES string of the molecule is CC(C)CCCCCCCCCC(OC1CCCCC1)C(=O)Cl. The minimum absolute atomic E-state index is 0.261. The zero-order valence-electron chi connectivity index (χ0n) is 15.3. The third-order valence-electron chi connectivity index (χ3n) is 4.91. The highest BCUT2D eigenvalue weighted by atomic mass is 35.5. The van der Waals surface area contributed by atoms with E-state index in [-0.39, 0.29) is 17.5 Å². The molecule has 0 aromatic rings. The summed E-state index contributed by atoms with van der Waals surface area (Å²) < 4.78 is 5.95. The van der Waals surface area contributed by atoms with Crippen molar-refractivity contribution in [1.82, 2.24) is 0 Å². The number of halogens is 1. The van der Waals surface area contributed by atoms with Crippen molar-refractivity contribution in [3.8, 4) is 0 Å². The molecule has 0 bridgehead atoms. The van der Waals surface area contributed by atoms with Crippen LogP contribution in [-0.2, 0) is 9.53 Å². The maximum Gasteiger partial charge on any atom is 0.250 e. The van der Waals surface area contributed by atoms with Crippen molar-refractivity contribution in [2.75, 3.05) is 0 Å². The van der Waals surface area contributed by atoms with Gasteiger partial charge in [0.15, 0.2) is 0 Å². The van der Waals surface area contributed by atoms with E-state index in [2.05, 4.69) is 13.8 Å². The Hall–Kier alpha value is -0.0800. The first kappa shape index (κ1) is 21.0. The number of carbonyl (C=O) groups is 1. The summed E-state index contributed by atoms with van der Waals surface area (Å²) in [4.78, 5) is 11.6. The number of ether oxygens (including phenoxy) is 1. The van der Waals surface area contributed by atoms with Gasteiger partial charge in [-0.05, 0) is 36.8 Å². The van der Waals surface area contributed by atoms with Crippen LogP contribution >= 0.6 is 11.6 Å². The van der Waals surface area contributed by atoms with Crippen LogP contribution in [0, 0.1) is 5.92 Å². The number of carbonyl (C=O) groups excluding carboxylic acids is 1. The van der Waals surface area contributed by atoms with E-state index >= 15 is 0 Å². The lowest BCUT2D eigenvalue weighted by Gasteiger charge is -2.25. The van der Waals surface area contributed by atoms with Crippen molar-refractivity contribution in [2.24, 2.45) is 5.92 Å². The van der Waals surface area contributed by atoms with E-state index < -0.39 is 0 Å². The van der Waals surface area contributed by atoms with E-state index in [9.17, 15) is 4.79 Å². The fourth-order valence-electron chi connectivity index (χ4n) is 3.43. The Kier molecular flexibility index (Phi) is 12.1.